The van der Waals surface area contributed by atoms with Gasteiger partial charge in [-0.1, -0.05) is 18.2 Å². The lowest BCUT2D eigenvalue weighted by atomic mass is 10.1. The summed E-state index contributed by atoms with van der Waals surface area (Å²) in [5, 5.41) is 14.8. The predicted molar refractivity (Wildman–Crippen MR) is 125 cm³/mol. The van der Waals surface area contributed by atoms with Crippen molar-refractivity contribution in [2.24, 2.45) is 5.10 Å². The van der Waals surface area contributed by atoms with Crippen LogP contribution in [0.1, 0.15) is 18.2 Å². The number of hydrazone groups is 1. The summed E-state index contributed by atoms with van der Waals surface area (Å²) in [5.41, 5.74) is 1.29. The number of aromatic nitrogens is 4. The van der Waals surface area contributed by atoms with Crippen molar-refractivity contribution < 1.29 is 13.9 Å². The van der Waals surface area contributed by atoms with Crippen LogP contribution in [0, 0.1) is 5.82 Å². The first kappa shape index (κ1) is 21.4. The van der Waals surface area contributed by atoms with Crippen molar-refractivity contribution in [2.75, 3.05) is 19.2 Å². The number of benzene rings is 2. The highest BCUT2D eigenvalue weighted by Gasteiger charge is 2.30. The fourth-order valence-electron chi connectivity index (χ4n) is 3.90. The summed E-state index contributed by atoms with van der Waals surface area (Å²) in [6.07, 6.45) is 5.15. The van der Waals surface area contributed by atoms with Crippen LogP contribution in [0.5, 0.6) is 11.6 Å². The molecule has 5 rings (SSSR count). The van der Waals surface area contributed by atoms with Crippen LogP contribution >= 0.6 is 0 Å². The van der Waals surface area contributed by atoms with Gasteiger partial charge in [-0.15, -0.1) is 0 Å². The van der Waals surface area contributed by atoms with Gasteiger partial charge in [-0.25, -0.2) is 13.8 Å². The minimum atomic E-state index is -0.554. The smallest absolute Gasteiger partial charge is 0.247 e. The number of hydrogen-bond acceptors (Lipinski definition) is 7. The van der Waals surface area contributed by atoms with E-state index in [1.165, 1.54) is 35.8 Å². The van der Waals surface area contributed by atoms with Crippen LogP contribution in [0.3, 0.4) is 0 Å². The summed E-state index contributed by atoms with van der Waals surface area (Å²) in [7, 11) is 2.91. The molecule has 2 aromatic carbocycles. The second-order valence-corrected chi connectivity index (χ2v) is 7.51. The number of rotatable bonds is 6. The van der Waals surface area contributed by atoms with Crippen LogP contribution in [-0.4, -0.2) is 40.0 Å². The molecule has 4 aromatic rings. The van der Waals surface area contributed by atoms with E-state index < -0.39 is 11.9 Å². The number of halogens is 1. The maximum absolute atomic E-state index is 15.3. The molecular weight excluding hydrogens is 439 g/mol. The zero-order valence-electron chi connectivity index (χ0n) is 18.5. The largest absolute Gasteiger partial charge is 0.491 e. The molecule has 3 heterocycles. The van der Waals surface area contributed by atoms with Gasteiger partial charge in [0, 0.05) is 24.8 Å². The highest BCUT2D eigenvalue weighted by Crippen LogP contribution is 2.31. The molecule has 0 saturated heterocycles. The Bertz CT molecular complexity index is 1420. The molecule has 0 aliphatic carbocycles. The molecule has 0 amide bonds. The molecule has 0 fully saturated rings. The van der Waals surface area contributed by atoms with Crippen molar-refractivity contribution in [3.05, 3.63) is 88.7 Å². The zero-order chi connectivity index (χ0) is 23.7. The quantitative estimate of drug-likeness (QED) is 0.438. The van der Waals surface area contributed by atoms with E-state index in [9.17, 15) is 4.79 Å². The maximum atomic E-state index is 15.3. The van der Waals surface area contributed by atoms with Crippen molar-refractivity contribution in [1.82, 2.24) is 19.6 Å². The predicted octanol–water partition coefficient (Wildman–Crippen LogP) is 3.51. The number of hydrogen-bond donors (Lipinski definition) is 0. The Morgan fingerprint density at radius 3 is 2.59 bits per heavy atom. The summed E-state index contributed by atoms with van der Waals surface area (Å²) in [5.74, 6) is -0.0243. The second-order valence-electron chi connectivity index (χ2n) is 7.51. The van der Waals surface area contributed by atoms with E-state index in [1.807, 2.05) is 30.3 Å². The normalized spacial score (nSPS) is 15.0. The van der Waals surface area contributed by atoms with Crippen molar-refractivity contribution in [1.29, 1.82) is 0 Å². The van der Waals surface area contributed by atoms with E-state index in [0.717, 1.165) is 5.69 Å². The number of ether oxygens (including phenoxy) is 2. The molecule has 1 aliphatic rings. The molecule has 10 heteroatoms. The molecule has 34 heavy (non-hydrogen) atoms. The Kier molecular flexibility index (Phi) is 5.54. The Labute approximate surface area is 194 Å². The average molecular weight is 460 g/mol. The van der Waals surface area contributed by atoms with Gasteiger partial charge in [0.05, 0.1) is 38.0 Å². The Morgan fingerprint density at radius 2 is 1.85 bits per heavy atom. The van der Waals surface area contributed by atoms with Crippen LogP contribution in [0.15, 0.2) is 76.9 Å². The minimum absolute atomic E-state index is 0.0575. The van der Waals surface area contributed by atoms with Crippen molar-refractivity contribution >= 4 is 11.9 Å². The molecule has 1 unspecified atom stereocenters. The van der Waals surface area contributed by atoms with Crippen LogP contribution < -0.4 is 19.9 Å². The topological polar surface area (TPSA) is 86.8 Å². The molecule has 0 bridgehead atoms. The minimum Gasteiger partial charge on any atom is -0.491 e. The second kappa shape index (κ2) is 8.81. The van der Waals surface area contributed by atoms with E-state index in [1.54, 1.807) is 35.6 Å². The van der Waals surface area contributed by atoms with Crippen molar-refractivity contribution in [2.45, 2.75) is 12.5 Å². The Balaban J connectivity index is 1.57. The van der Waals surface area contributed by atoms with Crippen LogP contribution in [-0.2, 0) is 0 Å². The van der Waals surface area contributed by atoms with Gasteiger partial charge < -0.3 is 9.47 Å². The molecule has 9 nitrogen and oxygen atoms in total. The summed E-state index contributed by atoms with van der Waals surface area (Å²) >= 11 is 0. The zero-order valence-corrected chi connectivity index (χ0v) is 18.5. The molecule has 0 saturated carbocycles. The molecular formula is C24H21FN6O3. The first-order valence-electron chi connectivity index (χ1n) is 10.5. The molecule has 2 aromatic heterocycles. The van der Waals surface area contributed by atoms with Gasteiger partial charge >= 0.3 is 0 Å². The molecule has 0 spiro atoms. The average Bonchev–Trinajstić information content (AvgIpc) is 3.54. The maximum Gasteiger partial charge on any atom is 0.247 e. The fourth-order valence-corrected chi connectivity index (χ4v) is 3.90. The summed E-state index contributed by atoms with van der Waals surface area (Å²) < 4.78 is 28.6. The lowest BCUT2D eigenvalue weighted by molar-refractivity contribution is 0.383. The van der Waals surface area contributed by atoms with Gasteiger partial charge in [0.1, 0.15) is 17.4 Å². The highest BCUT2D eigenvalue weighted by atomic mass is 19.1. The summed E-state index contributed by atoms with van der Waals surface area (Å²) in [6.45, 7) is 0. The van der Waals surface area contributed by atoms with Crippen molar-refractivity contribution in [3.8, 4) is 23.0 Å². The van der Waals surface area contributed by atoms with Gasteiger partial charge in [0.15, 0.2) is 11.6 Å². The van der Waals surface area contributed by atoms with Crippen LogP contribution in [0.4, 0.5) is 10.1 Å². The van der Waals surface area contributed by atoms with Gasteiger partial charge in [0.2, 0.25) is 11.3 Å². The standard InChI is InChI=1S/C24H21FN6O3/c1-33-21-15-29(19-9-8-17(14-18(19)25)31-22(34-2)11-13-27-31)28-23(24(21)32)20-10-12-26-30(20)16-6-4-3-5-7-16/h3-9,11-15,20H,10H2,1-2H3. The highest BCUT2D eigenvalue weighted by molar-refractivity contribution is 5.67. The third kappa shape index (κ3) is 3.68. The third-order valence-electron chi connectivity index (χ3n) is 5.54. The number of methoxy groups -OCH3 is 2. The van der Waals surface area contributed by atoms with E-state index in [-0.39, 0.29) is 22.6 Å². The summed E-state index contributed by atoms with van der Waals surface area (Å²) in [6, 6.07) is 15.3. The van der Waals surface area contributed by atoms with Gasteiger partial charge in [-0.2, -0.15) is 15.3 Å². The van der Waals surface area contributed by atoms with Gasteiger partial charge in [0.25, 0.3) is 0 Å². The Morgan fingerprint density at radius 1 is 1.03 bits per heavy atom. The SMILES string of the molecule is COc1cn(-c2ccc(-n3nccc3OC)cc2F)nc(C2CC=NN2c2ccccc2)c1=O. The fraction of sp³-hybridized carbons (Fsp3) is 0.167. The molecule has 0 radical (unpaired) electrons. The lowest BCUT2D eigenvalue weighted by Gasteiger charge is -2.23. The lowest BCUT2D eigenvalue weighted by Crippen LogP contribution is -2.28. The number of para-hydroxylation sites is 1. The van der Waals surface area contributed by atoms with Crippen molar-refractivity contribution in [3.63, 3.8) is 0 Å². The van der Waals surface area contributed by atoms with E-state index in [2.05, 4.69) is 15.3 Å². The van der Waals surface area contributed by atoms with Gasteiger partial charge in [-0.05, 0) is 24.3 Å². The molecule has 172 valence electrons. The van der Waals surface area contributed by atoms with Crippen LogP contribution in [0.2, 0.25) is 0 Å². The number of anilines is 1. The van der Waals surface area contributed by atoms with E-state index in [0.29, 0.717) is 18.0 Å². The number of nitrogens with zero attached hydrogens (tertiary/aromatic N) is 6. The first-order chi connectivity index (χ1) is 16.6. The van der Waals surface area contributed by atoms with E-state index in [4.69, 9.17) is 9.47 Å². The molecule has 1 atom stereocenters. The first-order valence-corrected chi connectivity index (χ1v) is 10.5. The molecule has 0 N–H and O–H groups in total. The van der Waals surface area contributed by atoms with E-state index >= 15 is 4.39 Å². The molecule has 1 aliphatic heterocycles. The summed E-state index contributed by atoms with van der Waals surface area (Å²) in [4.78, 5) is 13.1. The Hall–Kier alpha value is -4.47. The third-order valence-corrected chi connectivity index (χ3v) is 5.54. The monoisotopic (exact) mass is 460 g/mol. The van der Waals surface area contributed by atoms with Crippen LogP contribution in [0.25, 0.3) is 11.4 Å². The van der Waals surface area contributed by atoms with Gasteiger partial charge in [-0.3, -0.25) is 9.80 Å².